The molecule has 2 N–H and O–H groups in total. The molecule has 96 valence electrons. The molecule has 0 heterocycles. The van der Waals surface area contributed by atoms with Crippen molar-refractivity contribution in [2.75, 3.05) is 12.4 Å². The van der Waals surface area contributed by atoms with Crippen molar-refractivity contribution in [1.82, 2.24) is 4.72 Å². The Bertz CT molecular complexity index is 292. The van der Waals surface area contributed by atoms with Crippen LogP contribution in [-0.4, -0.2) is 31.9 Å². The zero-order valence-corrected chi connectivity index (χ0v) is 11.0. The zero-order valence-electron chi connectivity index (χ0n) is 10.1. The summed E-state index contributed by atoms with van der Waals surface area (Å²) in [7, 11) is -3.20. The van der Waals surface area contributed by atoms with Gasteiger partial charge in [0.25, 0.3) is 0 Å². The molecule has 4 nitrogen and oxygen atoms in total. The molecule has 1 fully saturated rings. The summed E-state index contributed by atoms with van der Waals surface area (Å²) in [4.78, 5) is 0. The summed E-state index contributed by atoms with van der Waals surface area (Å²) in [6.45, 7) is 4.27. The number of hydrogen-bond donors (Lipinski definition) is 2. The molecule has 0 saturated heterocycles. The van der Waals surface area contributed by atoms with Crippen molar-refractivity contribution in [2.45, 2.75) is 45.6 Å². The van der Waals surface area contributed by atoms with Gasteiger partial charge in [-0.05, 0) is 37.5 Å². The van der Waals surface area contributed by atoms with Crippen molar-refractivity contribution in [3.05, 3.63) is 0 Å². The van der Waals surface area contributed by atoms with Crippen LogP contribution < -0.4 is 4.72 Å². The highest BCUT2D eigenvalue weighted by Crippen LogP contribution is 2.28. The standard InChI is InChI=1S/C11H23NO3S/c1-9-6-10(2)8-11(7-9)12-16(14,15)5-3-4-13/h9-13H,3-8H2,1-2H3. The lowest BCUT2D eigenvalue weighted by atomic mass is 9.81. The van der Waals surface area contributed by atoms with Crippen LogP contribution in [0.4, 0.5) is 0 Å². The predicted molar refractivity (Wildman–Crippen MR) is 64.6 cm³/mol. The van der Waals surface area contributed by atoms with Crippen LogP contribution in [0.3, 0.4) is 0 Å². The van der Waals surface area contributed by atoms with Crippen LogP contribution in [0.15, 0.2) is 0 Å². The summed E-state index contributed by atoms with van der Waals surface area (Å²) in [5.41, 5.74) is 0. The normalized spacial score (nSPS) is 31.6. The molecule has 0 aromatic heterocycles. The highest BCUT2D eigenvalue weighted by molar-refractivity contribution is 7.89. The van der Waals surface area contributed by atoms with E-state index in [0.29, 0.717) is 18.3 Å². The van der Waals surface area contributed by atoms with E-state index in [2.05, 4.69) is 18.6 Å². The molecule has 0 spiro atoms. The molecule has 0 aromatic rings. The number of aliphatic hydroxyl groups is 1. The molecule has 1 saturated carbocycles. The molecule has 1 aliphatic carbocycles. The van der Waals surface area contributed by atoms with Gasteiger partial charge in [-0.25, -0.2) is 13.1 Å². The zero-order chi connectivity index (χ0) is 12.2. The molecule has 16 heavy (non-hydrogen) atoms. The van der Waals surface area contributed by atoms with Crippen molar-refractivity contribution in [2.24, 2.45) is 11.8 Å². The summed E-state index contributed by atoms with van der Waals surface area (Å²) < 4.78 is 26.0. The van der Waals surface area contributed by atoms with Gasteiger partial charge in [-0.15, -0.1) is 0 Å². The lowest BCUT2D eigenvalue weighted by molar-refractivity contribution is 0.257. The second-order valence-electron chi connectivity index (χ2n) is 5.13. The van der Waals surface area contributed by atoms with Crippen LogP contribution in [0.25, 0.3) is 0 Å². The molecular formula is C11H23NO3S. The second-order valence-corrected chi connectivity index (χ2v) is 7.00. The minimum atomic E-state index is -3.20. The third-order valence-corrected chi connectivity index (χ3v) is 4.61. The maximum absolute atomic E-state index is 11.6. The number of aliphatic hydroxyl groups excluding tert-OH is 1. The molecule has 2 unspecified atom stereocenters. The van der Waals surface area contributed by atoms with Crippen LogP contribution in [0.1, 0.15) is 39.5 Å². The lowest BCUT2D eigenvalue weighted by Gasteiger charge is -2.31. The van der Waals surface area contributed by atoms with Gasteiger partial charge in [-0.1, -0.05) is 13.8 Å². The monoisotopic (exact) mass is 249 g/mol. The number of rotatable bonds is 5. The highest BCUT2D eigenvalue weighted by atomic mass is 32.2. The summed E-state index contributed by atoms with van der Waals surface area (Å²) in [5.74, 6) is 1.21. The third kappa shape index (κ3) is 4.80. The predicted octanol–water partition coefficient (Wildman–Crippen LogP) is 1.11. The molecule has 5 heteroatoms. The second kappa shape index (κ2) is 5.98. The minimum Gasteiger partial charge on any atom is -0.396 e. The fourth-order valence-corrected chi connectivity index (χ4v) is 3.94. The van der Waals surface area contributed by atoms with Gasteiger partial charge >= 0.3 is 0 Å². The number of nitrogens with one attached hydrogen (secondary N) is 1. The average molecular weight is 249 g/mol. The summed E-state index contributed by atoms with van der Waals surface area (Å²) >= 11 is 0. The van der Waals surface area contributed by atoms with Gasteiger partial charge in [-0.2, -0.15) is 0 Å². The summed E-state index contributed by atoms with van der Waals surface area (Å²) in [5, 5.41) is 8.63. The summed E-state index contributed by atoms with van der Waals surface area (Å²) in [6, 6.07) is 0.0856. The van der Waals surface area contributed by atoms with Gasteiger partial charge in [-0.3, -0.25) is 0 Å². The molecule has 0 radical (unpaired) electrons. The molecule has 0 aromatic carbocycles. The third-order valence-electron chi connectivity index (χ3n) is 3.10. The Morgan fingerprint density at radius 1 is 1.19 bits per heavy atom. The van der Waals surface area contributed by atoms with E-state index in [1.54, 1.807) is 0 Å². The fraction of sp³-hybridized carbons (Fsp3) is 1.00. The van der Waals surface area contributed by atoms with Crippen molar-refractivity contribution >= 4 is 10.0 Å². The van der Waals surface area contributed by atoms with E-state index in [-0.39, 0.29) is 18.4 Å². The van der Waals surface area contributed by atoms with Crippen LogP contribution in [0.2, 0.25) is 0 Å². The molecule has 0 aliphatic heterocycles. The Morgan fingerprint density at radius 3 is 2.25 bits per heavy atom. The van der Waals surface area contributed by atoms with Crippen LogP contribution in [0.5, 0.6) is 0 Å². The molecular weight excluding hydrogens is 226 g/mol. The van der Waals surface area contributed by atoms with Crippen molar-refractivity contribution in [3.8, 4) is 0 Å². The maximum Gasteiger partial charge on any atom is 0.211 e. The van der Waals surface area contributed by atoms with E-state index in [0.717, 1.165) is 12.8 Å². The lowest BCUT2D eigenvalue weighted by Crippen LogP contribution is -2.41. The van der Waals surface area contributed by atoms with Crippen LogP contribution in [-0.2, 0) is 10.0 Å². The van der Waals surface area contributed by atoms with Gasteiger partial charge < -0.3 is 5.11 Å². The van der Waals surface area contributed by atoms with Crippen molar-refractivity contribution < 1.29 is 13.5 Å². The topological polar surface area (TPSA) is 66.4 Å². The van der Waals surface area contributed by atoms with E-state index < -0.39 is 10.0 Å². The average Bonchev–Trinajstić information content (AvgIpc) is 2.12. The fourth-order valence-electron chi connectivity index (χ4n) is 2.61. The molecule has 2 atom stereocenters. The molecule has 1 aliphatic rings. The Kier molecular flexibility index (Phi) is 5.21. The Morgan fingerprint density at radius 2 is 1.75 bits per heavy atom. The Labute approximate surface area is 98.5 Å². The minimum absolute atomic E-state index is 0.0305. The van der Waals surface area contributed by atoms with E-state index >= 15 is 0 Å². The van der Waals surface area contributed by atoms with Gasteiger partial charge in [0.05, 0.1) is 5.75 Å². The van der Waals surface area contributed by atoms with Crippen LogP contribution in [0, 0.1) is 11.8 Å². The quantitative estimate of drug-likeness (QED) is 0.767. The van der Waals surface area contributed by atoms with E-state index in [1.165, 1.54) is 6.42 Å². The SMILES string of the molecule is CC1CC(C)CC(NS(=O)(=O)CCCO)C1. The van der Waals surface area contributed by atoms with E-state index in [9.17, 15) is 8.42 Å². The van der Waals surface area contributed by atoms with Gasteiger partial charge in [0.2, 0.25) is 10.0 Å². The molecule has 0 amide bonds. The first-order chi connectivity index (χ1) is 7.43. The number of sulfonamides is 1. The first kappa shape index (κ1) is 13.9. The van der Waals surface area contributed by atoms with Crippen LogP contribution >= 0.6 is 0 Å². The highest BCUT2D eigenvalue weighted by Gasteiger charge is 2.26. The molecule has 1 rings (SSSR count). The van der Waals surface area contributed by atoms with Gasteiger partial charge in [0.15, 0.2) is 0 Å². The Hall–Kier alpha value is -0.130. The number of hydrogen-bond acceptors (Lipinski definition) is 3. The van der Waals surface area contributed by atoms with E-state index in [1.807, 2.05) is 0 Å². The smallest absolute Gasteiger partial charge is 0.211 e. The Balaban J connectivity index is 2.46. The van der Waals surface area contributed by atoms with Gasteiger partial charge in [0, 0.05) is 12.6 Å². The van der Waals surface area contributed by atoms with Crippen molar-refractivity contribution in [1.29, 1.82) is 0 Å². The summed E-state index contributed by atoms with van der Waals surface area (Å²) in [6.07, 6.45) is 3.37. The maximum atomic E-state index is 11.6. The van der Waals surface area contributed by atoms with Gasteiger partial charge in [0.1, 0.15) is 0 Å². The first-order valence-electron chi connectivity index (χ1n) is 6.04. The van der Waals surface area contributed by atoms with Crippen molar-refractivity contribution in [3.63, 3.8) is 0 Å². The first-order valence-corrected chi connectivity index (χ1v) is 7.69. The van der Waals surface area contributed by atoms with E-state index in [4.69, 9.17) is 5.11 Å². The molecule has 0 bridgehead atoms. The largest absolute Gasteiger partial charge is 0.396 e.